The van der Waals surface area contributed by atoms with E-state index in [1.54, 1.807) is 0 Å². The smallest absolute Gasteiger partial charge is 0.132 e. The number of aryl methyl sites for hydroxylation is 1. The maximum atomic E-state index is 5.83. The van der Waals surface area contributed by atoms with Crippen molar-refractivity contribution in [3.05, 3.63) is 53.7 Å². The molecule has 2 aromatic rings. The molecule has 0 aliphatic heterocycles. The fourth-order valence-corrected chi connectivity index (χ4v) is 1.95. The van der Waals surface area contributed by atoms with E-state index in [0.29, 0.717) is 0 Å². The quantitative estimate of drug-likeness (QED) is 0.910. The van der Waals surface area contributed by atoms with E-state index >= 15 is 0 Å². The van der Waals surface area contributed by atoms with Crippen LogP contribution in [0.15, 0.2) is 42.6 Å². The molecule has 0 aliphatic carbocycles. The molecule has 2 N–H and O–H groups in total. The Bertz CT molecular complexity index is 515. The third-order valence-corrected chi connectivity index (χ3v) is 3.37. The van der Waals surface area contributed by atoms with Crippen LogP contribution >= 0.6 is 0 Å². The molecule has 3 heteroatoms. The van der Waals surface area contributed by atoms with Gasteiger partial charge in [0.05, 0.1) is 0 Å². The molecule has 1 atom stereocenters. The number of hydrogen-bond donors (Lipinski definition) is 1. The minimum absolute atomic E-state index is 0.0238. The molecule has 0 amide bonds. The van der Waals surface area contributed by atoms with Gasteiger partial charge in [-0.05, 0) is 42.7 Å². The summed E-state index contributed by atoms with van der Waals surface area (Å²) in [5.74, 6) is 0.925. The second-order valence-electron chi connectivity index (χ2n) is 4.82. The fraction of sp³-hybridized carbons (Fsp3) is 0.312. The normalized spacial score (nSPS) is 12.2. The summed E-state index contributed by atoms with van der Waals surface area (Å²) in [5.41, 5.74) is 9.37. The van der Waals surface area contributed by atoms with Crippen LogP contribution in [0.5, 0.6) is 0 Å². The molecular formula is C16H21N3. The zero-order valence-electron chi connectivity index (χ0n) is 11.8. The number of pyridine rings is 1. The van der Waals surface area contributed by atoms with Crippen LogP contribution in [0.4, 0.5) is 11.5 Å². The average molecular weight is 255 g/mol. The van der Waals surface area contributed by atoms with E-state index in [-0.39, 0.29) is 6.04 Å². The Kier molecular flexibility index (Phi) is 4.17. The Balaban J connectivity index is 2.20. The van der Waals surface area contributed by atoms with E-state index in [0.717, 1.165) is 23.5 Å². The standard InChI is InChI=1S/C16H21N3/c1-4-13-5-8-15(9-6-13)19(3)16-10-7-14(11-18-16)12(2)17/h5-12H,4,17H2,1-3H3/t12-/m0/s1. The van der Waals surface area contributed by atoms with Crippen molar-refractivity contribution in [3.8, 4) is 0 Å². The minimum Gasteiger partial charge on any atom is -0.329 e. The lowest BCUT2D eigenvalue weighted by molar-refractivity contribution is 0.811. The molecule has 1 heterocycles. The molecule has 1 aromatic heterocycles. The zero-order valence-corrected chi connectivity index (χ0v) is 11.8. The Morgan fingerprint density at radius 1 is 1.16 bits per heavy atom. The topological polar surface area (TPSA) is 42.1 Å². The van der Waals surface area contributed by atoms with Gasteiger partial charge >= 0.3 is 0 Å². The number of benzene rings is 1. The molecular weight excluding hydrogens is 234 g/mol. The Morgan fingerprint density at radius 3 is 2.32 bits per heavy atom. The lowest BCUT2D eigenvalue weighted by Crippen LogP contribution is -2.12. The summed E-state index contributed by atoms with van der Waals surface area (Å²) in [5, 5.41) is 0. The molecule has 0 spiro atoms. The lowest BCUT2D eigenvalue weighted by atomic mass is 10.1. The van der Waals surface area contributed by atoms with Crippen molar-refractivity contribution in [2.24, 2.45) is 5.73 Å². The molecule has 0 aliphatic rings. The first-order chi connectivity index (χ1) is 9.11. The van der Waals surface area contributed by atoms with Gasteiger partial charge in [-0.2, -0.15) is 0 Å². The van der Waals surface area contributed by atoms with E-state index in [1.807, 2.05) is 32.3 Å². The summed E-state index contributed by atoms with van der Waals surface area (Å²) < 4.78 is 0. The summed E-state index contributed by atoms with van der Waals surface area (Å²) in [6.07, 6.45) is 2.91. The van der Waals surface area contributed by atoms with Crippen molar-refractivity contribution in [2.75, 3.05) is 11.9 Å². The van der Waals surface area contributed by atoms with Gasteiger partial charge in [0.2, 0.25) is 0 Å². The first-order valence-electron chi connectivity index (χ1n) is 6.66. The van der Waals surface area contributed by atoms with Crippen molar-refractivity contribution in [3.63, 3.8) is 0 Å². The van der Waals surface area contributed by atoms with Crippen LogP contribution in [0.3, 0.4) is 0 Å². The number of nitrogens with two attached hydrogens (primary N) is 1. The van der Waals surface area contributed by atoms with Gasteiger partial charge in [-0.3, -0.25) is 0 Å². The number of anilines is 2. The van der Waals surface area contributed by atoms with Crippen molar-refractivity contribution in [2.45, 2.75) is 26.3 Å². The van der Waals surface area contributed by atoms with E-state index in [4.69, 9.17) is 5.73 Å². The Labute approximate surface area is 115 Å². The van der Waals surface area contributed by atoms with Crippen LogP contribution in [-0.2, 0) is 6.42 Å². The van der Waals surface area contributed by atoms with Crippen LogP contribution in [0.1, 0.15) is 31.0 Å². The summed E-state index contributed by atoms with van der Waals surface area (Å²) >= 11 is 0. The van der Waals surface area contributed by atoms with Crippen LogP contribution in [0.25, 0.3) is 0 Å². The Hall–Kier alpha value is -1.87. The maximum Gasteiger partial charge on any atom is 0.132 e. The second-order valence-corrected chi connectivity index (χ2v) is 4.82. The lowest BCUT2D eigenvalue weighted by Gasteiger charge is -2.19. The van der Waals surface area contributed by atoms with Crippen LogP contribution in [0, 0.1) is 0 Å². The molecule has 100 valence electrons. The SMILES string of the molecule is CCc1ccc(N(C)c2ccc([C@H](C)N)cn2)cc1. The highest BCUT2D eigenvalue weighted by molar-refractivity contribution is 5.59. The van der Waals surface area contributed by atoms with Crippen molar-refractivity contribution >= 4 is 11.5 Å². The van der Waals surface area contributed by atoms with Crippen LogP contribution in [0.2, 0.25) is 0 Å². The number of rotatable bonds is 4. The average Bonchev–Trinajstić information content (AvgIpc) is 2.46. The van der Waals surface area contributed by atoms with Gasteiger partial charge in [0, 0.05) is 25.0 Å². The molecule has 0 fully saturated rings. The predicted molar refractivity (Wildman–Crippen MR) is 80.7 cm³/mol. The van der Waals surface area contributed by atoms with E-state index < -0.39 is 0 Å². The molecule has 0 saturated heterocycles. The third-order valence-electron chi connectivity index (χ3n) is 3.37. The first-order valence-corrected chi connectivity index (χ1v) is 6.66. The highest BCUT2D eigenvalue weighted by Crippen LogP contribution is 2.22. The number of aromatic nitrogens is 1. The fourth-order valence-electron chi connectivity index (χ4n) is 1.95. The van der Waals surface area contributed by atoms with Crippen LogP contribution < -0.4 is 10.6 Å². The maximum absolute atomic E-state index is 5.83. The van der Waals surface area contributed by atoms with Gasteiger partial charge in [0.15, 0.2) is 0 Å². The molecule has 0 radical (unpaired) electrons. The molecule has 0 bridgehead atoms. The highest BCUT2D eigenvalue weighted by atomic mass is 15.2. The summed E-state index contributed by atoms with van der Waals surface area (Å²) in [6, 6.07) is 12.6. The number of nitrogens with zero attached hydrogens (tertiary/aromatic N) is 2. The molecule has 1 aromatic carbocycles. The highest BCUT2D eigenvalue weighted by Gasteiger charge is 2.06. The van der Waals surface area contributed by atoms with E-state index in [9.17, 15) is 0 Å². The van der Waals surface area contributed by atoms with E-state index in [2.05, 4.69) is 41.1 Å². The van der Waals surface area contributed by atoms with Crippen LogP contribution in [-0.4, -0.2) is 12.0 Å². The third kappa shape index (κ3) is 3.12. The van der Waals surface area contributed by atoms with Gasteiger partial charge in [-0.1, -0.05) is 25.1 Å². The molecule has 2 rings (SSSR count). The predicted octanol–water partition coefficient (Wildman–Crippen LogP) is 3.43. The van der Waals surface area contributed by atoms with Gasteiger partial charge in [0.1, 0.15) is 5.82 Å². The monoisotopic (exact) mass is 255 g/mol. The van der Waals surface area contributed by atoms with Gasteiger partial charge in [-0.15, -0.1) is 0 Å². The summed E-state index contributed by atoms with van der Waals surface area (Å²) in [6.45, 7) is 4.12. The Morgan fingerprint density at radius 2 is 1.84 bits per heavy atom. The molecule has 0 unspecified atom stereocenters. The largest absolute Gasteiger partial charge is 0.329 e. The molecule has 0 saturated carbocycles. The van der Waals surface area contributed by atoms with Gasteiger partial charge in [-0.25, -0.2) is 4.98 Å². The van der Waals surface area contributed by atoms with Gasteiger partial charge < -0.3 is 10.6 Å². The molecule has 3 nitrogen and oxygen atoms in total. The minimum atomic E-state index is 0.0238. The first kappa shape index (κ1) is 13.6. The van der Waals surface area contributed by atoms with Crippen molar-refractivity contribution in [1.82, 2.24) is 4.98 Å². The van der Waals surface area contributed by atoms with Crippen molar-refractivity contribution in [1.29, 1.82) is 0 Å². The van der Waals surface area contributed by atoms with Crippen molar-refractivity contribution < 1.29 is 0 Å². The van der Waals surface area contributed by atoms with E-state index in [1.165, 1.54) is 5.56 Å². The second kappa shape index (κ2) is 5.85. The zero-order chi connectivity index (χ0) is 13.8. The summed E-state index contributed by atoms with van der Waals surface area (Å²) in [7, 11) is 2.02. The van der Waals surface area contributed by atoms with Gasteiger partial charge in [0.25, 0.3) is 0 Å². The summed E-state index contributed by atoms with van der Waals surface area (Å²) in [4.78, 5) is 6.54. The number of hydrogen-bond acceptors (Lipinski definition) is 3. The molecule has 19 heavy (non-hydrogen) atoms.